The Hall–Kier alpha value is -0.140. The normalized spacial score (nSPS) is 12.4. The molecule has 0 aromatic carbocycles. The third-order valence-corrected chi connectivity index (χ3v) is 3.69. The van der Waals surface area contributed by atoms with Gasteiger partial charge in [-0.3, -0.25) is 0 Å². The van der Waals surface area contributed by atoms with Crippen LogP contribution in [0.4, 0.5) is 0 Å². The van der Waals surface area contributed by atoms with Crippen molar-refractivity contribution >= 4 is 15.4 Å². The van der Waals surface area contributed by atoms with Crippen molar-refractivity contribution in [3.8, 4) is 0 Å². The molecule has 19 heavy (non-hydrogen) atoms. The standard InChI is InChI=1S/C15H31O3P/c1-3-4-5-6-7-8-9-10-11-12-13-17-15(16)14(2)18-19/h14H,3-13,19H2,1-2H3. The number of carbonyl (C=O) groups excluding carboxylic acids is 1. The maximum Gasteiger partial charge on any atom is 0.335 e. The molecule has 0 bridgehead atoms. The van der Waals surface area contributed by atoms with Crippen LogP contribution in [0.1, 0.15) is 78.1 Å². The summed E-state index contributed by atoms with van der Waals surface area (Å²) in [6.45, 7) is 4.46. The monoisotopic (exact) mass is 290 g/mol. The van der Waals surface area contributed by atoms with Crippen molar-refractivity contribution in [2.24, 2.45) is 0 Å². The first-order chi connectivity index (χ1) is 9.22. The van der Waals surface area contributed by atoms with E-state index in [9.17, 15) is 4.79 Å². The summed E-state index contributed by atoms with van der Waals surface area (Å²) in [7, 11) is 2.08. The van der Waals surface area contributed by atoms with Crippen LogP contribution in [0.3, 0.4) is 0 Å². The van der Waals surface area contributed by atoms with Crippen molar-refractivity contribution < 1.29 is 14.1 Å². The van der Waals surface area contributed by atoms with E-state index >= 15 is 0 Å². The number of rotatable bonds is 13. The van der Waals surface area contributed by atoms with Gasteiger partial charge < -0.3 is 9.26 Å². The third kappa shape index (κ3) is 12.6. The highest BCUT2D eigenvalue weighted by Crippen LogP contribution is 2.10. The van der Waals surface area contributed by atoms with E-state index in [-0.39, 0.29) is 5.97 Å². The molecule has 114 valence electrons. The predicted octanol–water partition coefficient (Wildman–Crippen LogP) is 4.65. The van der Waals surface area contributed by atoms with Gasteiger partial charge in [-0.2, -0.15) is 0 Å². The largest absolute Gasteiger partial charge is 0.464 e. The minimum atomic E-state index is -0.479. The van der Waals surface area contributed by atoms with Crippen LogP contribution in [0.15, 0.2) is 0 Å². The van der Waals surface area contributed by atoms with Crippen molar-refractivity contribution in [3.05, 3.63) is 0 Å². The molecule has 0 aliphatic carbocycles. The van der Waals surface area contributed by atoms with Gasteiger partial charge in [-0.1, -0.05) is 64.7 Å². The summed E-state index contributed by atoms with van der Waals surface area (Å²) < 4.78 is 9.89. The molecule has 0 fully saturated rings. The first kappa shape index (κ1) is 18.9. The second-order valence-electron chi connectivity index (χ2n) is 5.13. The Kier molecular flexibility index (Phi) is 14.2. The fraction of sp³-hybridized carbons (Fsp3) is 0.933. The van der Waals surface area contributed by atoms with Crippen LogP contribution < -0.4 is 0 Å². The molecule has 0 heterocycles. The zero-order valence-electron chi connectivity index (χ0n) is 12.7. The van der Waals surface area contributed by atoms with Gasteiger partial charge in [0.25, 0.3) is 0 Å². The maximum absolute atomic E-state index is 11.3. The van der Waals surface area contributed by atoms with Crippen molar-refractivity contribution in [2.45, 2.75) is 84.2 Å². The quantitative estimate of drug-likeness (QED) is 0.281. The van der Waals surface area contributed by atoms with E-state index < -0.39 is 6.10 Å². The lowest BCUT2D eigenvalue weighted by Gasteiger charge is -2.09. The van der Waals surface area contributed by atoms with E-state index in [0.717, 1.165) is 12.8 Å². The number of unbranched alkanes of at least 4 members (excludes halogenated alkanes) is 9. The van der Waals surface area contributed by atoms with E-state index in [1.807, 2.05) is 0 Å². The van der Waals surface area contributed by atoms with Gasteiger partial charge in [-0.15, -0.1) is 0 Å². The molecule has 2 unspecified atom stereocenters. The maximum atomic E-state index is 11.3. The molecule has 0 saturated carbocycles. The summed E-state index contributed by atoms with van der Waals surface area (Å²) in [6.07, 6.45) is 12.4. The molecular formula is C15H31O3P. The Balaban J connectivity index is 3.13. The molecule has 0 aromatic rings. The molecule has 0 aliphatic heterocycles. The molecule has 0 saturated heterocycles. The summed E-state index contributed by atoms with van der Waals surface area (Å²) >= 11 is 0. The van der Waals surface area contributed by atoms with Crippen molar-refractivity contribution in [3.63, 3.8) is 0 Å². The van der Waals surface area contributed by atoms with Crippen molar-refractivity contribution in [1.82, 2.24) is 0 Å². The van der Waals surface area contributed by atoms with Crippen LogP contribution in [-0.2, 0) is 14.1 Å². The summed E-state index contributed by atoms with van der Waals surface area (Å²) in [5.74, 6) is -0.272. The Morgan fingerprint density at radius 3 is 1.89 bits per heavy atom. The summed E-state index contributed by atoms with van der Waals surface area (Å²) in [4.78, 5) is 11.3. The van der Waals surface area contributed by atoms with Gasteiger partial charge in [0.2, 0.25) is 0 Å². The lowest BCUT2D eigenvalue weighted by molar-refractivity contribution is -0.150. The number of hydrogen-bond donors (Lipinski definition) is 0. The summed E-state index contributed by atoms with van der Waals surface area (Å²) in [6, 6.07) is 0. The average Bonchev–Trinajstić information content (AvgIpc) is 2.43. The number of ether oxygens (including phenoxy) is 1. The van der Waals surface area contributed by atoms with Crippen molar-refractivity contribution in [1.29, 1.82) is 0 Å². The minimum Gasteiger partial charge on any atom is -0.464 e. The van der Waals surface area contributed by atoms with E-state index in [1.165, 1.54) is 51.4 Å². The molecule has 2 atom stereocenters. The number of hydrogen-bond acceptors (Lipinski definition) is 3. The highest BCUT2D eigenvalue weighted by atomic mass is 31.0. The first-order valence-electron chi connectivity index (χ1n) is 7.74. The number of esters is 1. The molecule has 0 radical (unpaired) electrons. The second kappa shape index (κ2) is 14.3. The number of carbonyl (C=O) groups is 1. The zero-order chi connectivity index (χ0) is 14.3. The Morgan fingerprint density at radius 2 is 1.42 bits per heavy atom. The molecule has 0 amide bonds. The van der Waals surface area contributed by atoms with Crippen LogP contribution in [-0.4, -0.2) is 18.7 Å². The van der Waals surface area contributed by atoms with Crippen LogP contribution in [0.2, 0.25) is 0 Å². The topological polar surface area (TPSA) is 35.5 Å². The first-order valence-corrected chi connectivity index (χ1v) is 8.21. The Labute approximate surface area is 121 Å². The Bertz CT molecular complexity index is 210. The van der Waals surface area contributed by atoms with E-state index in [2.05, 4.69) is 16.4 Å². The summed E-state index contributed by atoms with van der Waals surface area (Å²) in [5.41, 5.74) is 0. The van der Waals surface area contributed by atoms with Gasteiger partial charge >= 0.3 is 5.97 Å². The van der Waals surface area contributed by atoms with Crippen LogP contribution in [0.5, 0.6) is 0 Å². The van der Waals surface area contributed by atoms with Crippen LogP contribution >= 0.6 is 9.47 Å². The fourth-order valence-corrected chi connectivity index (χ4v) is 2.05. The van der Waals surface area contributed by atoms with Gasteiger partial charge in [0.15, 0.2) is 6.10 Å². The highest BCUT2D eigenvalue weighted by Gasteiger charge is 2.12. The molecule has 4 heteroatoms. The SMILES string of the molecule is CCCCCCCCCCCCOC(=O)C(C)OP. The molecule has 0 aliphatic rings. The lowest BCUT2D eigenvalue weighted by Crippen LogP contribution is -2.20. The van der Waals surface area contributed by atoms with Gasteiger partial charge in [0.05, 0.1) is 6.61 Å². The highest BCUT2D eigenvalue weighted by molar-refractivity contribution is 7.09. The Morgan fingerprint density at radius 1 is 0.947 bits per heavy atom. The van der Waals surface area contributed by atoms with Gasteiger partial charge in [0, 0.05) is 9.47 Å². The zero-order valence-corrected chi connectivity index (χ0v) is 13.8. The second-order valence-corrected chi connectivity index (χ2v) is 5.40. The molecular weight excluding hydrogens is 259 g/mol. The summed E-state index contributed by atoms with van der Waals surface area (Å²) in [5, 5.41) is 0. The van der Waals surface area contributed by atoms with Crippen molar-refractivity contribution in [2.75, 3.05) is 6.61 Å². The molecule has 0 N–H and O–H groups in total. The van der Waals surface area contributed by atoms with E-state index in [4.69, 9.17) is 9.26 Å². The molecule has 0 rings (SSSR count). The van der Waals surface area contributed by atoms with Crippen LogP contribution in [0.25, 0.3) is 0 Å². The van der Waals surface area contributed by atoms with E-state index in [1.54, 1.807) is 6.92 Å². The molecule has 0 spiro atoms. The average molecular weight is 290 g/mol. The fourth-order valence-electron chi connectivity index (χ4n) is 1.94. The van der Waals surface area contributed by atoms with Gasteiger partial charge in [-0.05, 0) is 13.3 Å². The van der Waals surface area contributed by atoms with Crippen LogP contribution in [0, 0.1) is 0 Å². The van der Waals surface area contributed by atoms with Gasteiger partial charge in [-0.25, -0.2) is 4.79 Å². The molecule has 3 nitrogen and oxygen atoms in total. The van der Waals surface area contributed by atoms with Gasteiger partial charge in [0.1, 0.15) is 0 Å². The lowest BCUT2D eigenvalue weighted by atomic mass is 10.1. The smallest absolute Gasteiger partial charge is 0.335 e. The minimum absolute atomic E-state index is 0.272. The predicted molar refractivity (Wildman–Crippen MR) is 83.1 cm³/mol. The third-order valence-electron chi connectivity index (χ3n) is 3.28. The molecule has 0 aromatic heterocycles. The van der Waals surface area contributed by atoms with E-state index in [0.29, 0.717) is 6.61 Å².